The summed E-state index contributed by atoms with van der Waals surface area (Å²) < 4.78 is 28.1. The molecule has 0 aliphatic heterocycles. The highest BCUT2D eigenvalue weighted by atomic mass is 19.1. The van der Waals surface area contributed by atoms with Crippen molar-refractivity contribution in [2.24, 2.45) is 5.92 Å². The molecule has 0 amide bonds. The zero-order chi connectivity index (χ0) is 25.4. The standard InChI is InChI=1S/C28H38FN3O3/c1-6-26-24(18-31(16-20(2)3)17-23(33)19-34-21(4)5)28(35-27-15-11-10-14-25(27)29)32(30-26)22-12-8-7-9-13-22/h7-15,20-21,23,33H,6,16-19H2,1-5H3. The van der Waals surface area contributed by atoms with E-state index >= 15 is 0 Å². The molecule has 0 saturated carbocycles. The normalized spacial score (nSPS) is 12.6. The van der Waals surface area contributed by atoms with E-state index in [0.717, 1.165) is 23.5 Å². The molecule has 0 bridgehead atoms. The Balaban J connectivity index is 2.00. The second-order valence-corrected chi connectivity index (χ2v) is 9.49. The largest absolute Gasteiger partial charge is 0.435 e. The van der Waals surface area contributed by atoms with Crippen LogP contribution in [0.4, 0.5) is 4.39 Å². The molecule has 0 aliphatic carbocycles. The van der Waals surface area contributed by atoms with Crippen LogP contribution >= 0.6 is 0 Å². The van der Waals surface area contributed by atoms with Crippen molar-refractivity contribution in [1.29, 1.82) is 0 Å². The van der Waals surface area contributed by atoms with Gasteiger partial charge in [-0.2, -0.15) is 5.10 Å². The van der Waals surface area contributed by atoms with E-state index in [4.69, 9.17) is 14.6 Å². The van der Waals surface area contributed by atoms with Crippen molar-refractivity contribution >= 4 is 0 Å². The summed E-state index contributed by atoms with van der Waals surface area (Å²) in [5.41, 5.74) is 2.60. The van der Waals surface area contributed by atoms with Gasteiger partial charge >= 0.3 is 0 Å². The van der Waals surface area contributed by atoms with Crippen molar-refractivity contribution in [2.75, 3.05) is 19.7 Å². The number of halogens is 1. The number of hydrogen-bond donors (Lipinski definition) is 1. The monoisotopic (exact) mass is 483 g/mol. The van der Waals surface area contributed by atoms with Gasteiger partial charge in [0.05, 0.1) is 35.8 Å². The van der Waals surface area contributed by atoms with E-state index < -0.39 is 11.9 Å². The average molecular weight is 484 g/mol. The number of rotatable bonds is 13. The van der Waals surface area contributed by atoms with Crippen LogP contribution in [0, 0.1) is 11.7 Å². The van der Waals surface area contributed by atoms with Crippen LogP contribution in [0.5, 0.6) is 11.6 Å². The minimum Gasteiger partial charge on any atom is -0.435 e. The van der Waals surface area contributed by atoms with Gasteiger partial charge in [-0.1, -0.05) is 51.1 Å². The summed E-state index contributed by atoms with van der Waals surface area (Å²) >= 11 is 0. The third kappa shape index (κ3) is 7.62. The first-order valence-corrected chi connectivity index (χ1v) is 12.4. The number of para-hydroxylation sites is 2. The molecule has 190 valence electrons. The zero-order valence-electron chi connectivity index (χ0n) is 21.4. The molecule has 3 rings (SSSR count). The van der Waals surface area contributed by atoms with Crippen molar-refractivity contribution in [1.82, 2.24) is 14.7 Å². The lowest BCUT2D eigenvalue weighted by molar-refractivity contribution is -0.0109. The van der Waals surface area contributed by atoms with Crippen molar-refractivity contribution < 1.29 is 19.0 Å². The Morgan fingerprint density at radius 2 is 1.69 bits per heavy atom. The van der Waals surface area contributed by atoms with E-state index in [-0.39, 0.29) is 18.5 Å². The lowest BCUT2D eigenvalue weighted by atomic mass is 10.1. The number of hydrogen-bond acceptors (Lipinski definition) is 5. The SMILES string of the molecule is CCc1nn(-c2ccccc2)c(Oc2ccccc2F)c1CN(CC(C)C)CC(O)COC(C)C. The Morgan fingerprint density at radius 3 is 2.31 bits per heavy atom. The van der Waals surface area contributed by atoms with Gasteiger partial charge in [0.1, 0.15) is 0 Å². The number of benzene rings is 2. The van der Waals surface area contributed by atoms with Crippen molar-refractivity contribution in [2.45, 2.75) is 59.8 Å². The summed E-state index contributed by atoms with van der Waals surface area (Å²) in [5, 5.41) is 15.5. The van der Waals surface area contributed by atoms with Gasteiger partial charge in [-0.15, -0.1) is 0 Å². The van der Waals surface area contributed by atoms with Crippen LogP contribution in [0.15, 0.2) is 54.6 Å². The Bertz CT molecular complexity index is 1050. The lowest BCUT2D eigenvalue weighted by Gasteiger charge is -2.27. The van der Waals surface area contributed by atoms with E-state index in [0.29, 0.717) is 31.3 Å². The molecule has 0 saturated heterocycles. The van der Waals surface area contributed by atoms with Crippen LogP contribution in [0.25, 0.3) is 5.69 Å². The third-order valence-corrected chi connectivity index (χ3v) is 5.49. The molecule has 35 heavy (non-hydrogen) atoms. The summed E-state index contributed by atoms with van der Waals surface area (Å²) in [4.78, 5) is 2.19. The Kier molecular flexibility index (Phi) is 9.83. The first-order chi connectivity index (χ1) is 16.8. The molecule has 0 fully saturated rings. The van der Waals surface area contributed by atoms with Crippen LogP contribution in [0.3, 0.4) is 0 Å². The van der Waals surface area contributed by atoms with E-state index in [9.17, 15) is 9.50 Å². The molecule has 1 heterocycles. The molecule has 6 nitrogen and oxygen atoms in total. The first-order valence-electron chi connectivity index (χ1n) is 12.4. The molecule has 1 unspecified atom stereocenters. The van der Waals surface area contributed by atoms with Gasteiger partial charge in [-0.3, -0.25) is 4.90 Å². The number of aryl methyl sites for hydroxylation is 1. The van der Waals surface area contributed by atoms with Gasteiger partial charge in [0.15, 0.2) is 11.6 Å². The van der Waals surface area contributed by atoms with Crippen molar-refractivity contribution in [3.63, 3.8) is 0 Å². The Hall–Kier alpha value is -2.74. The number of aliphatic hydroxyl groups is 1. The zero-order valence-corrected chi connectivity index (χ0v) is 21.4. The molecule has 0 radical (unpaired) electrons. The molecule has 3 aromatic rings. The number of aliphatic hydroxyl groups excluding tert-OH is 1. The maximum atomic E-state index is 14.6. The molecule has 2 aromatic carbocycles. The van der Waals surface area contributed by atoms with Crippen molar-refractivity contribution in [3.05, 3.63) is 71.7 Å². The van der Waals surface area contributed by atoms with E-state index in [2.05, 4.69) is 18.7 Å². The summed E-state index contributed by atoms with van der Waals surface area (Å²) in [6.07, 6.45) is 0.123. The minimum atomic E-state index is -0.624. The van der Waals surface area contributed by atoms with Gasteiger partial charge in [-0.25, -0.2) is 9.07 Å². The molecule has 1 aromatic heterocycles. The highest BCUT2D eigenvalue weighted by molar-refractivity contribution is 5.44. The van der Waals surface area contributed by atoms with E-state index in [1.54, 1.807) is 22.9 Å². The van der Waals surface area contributed by atoms with Gasteiger partial charge in [0, 0.05) is 19.6 Å². The maximum absolute atomic E-state index is 14.6. The van der Waals surface area contributed by atoms with Gasteiger partial charge in [-0.05, 0) is 50.5 Å². The summed E-state index contributed by atoms with van der Waals surface area (Å²) in [6.45, 7) is 12.3. The molecule has 0 aliphatic rings. The minimum absolute atomic E-state index is 0.0553. The maximum Gasteiger partial charge on any atom is 0.227 e. The fourth-order valence-corrected chi connectivity index (χ4v) is 4.00. The van der Waals surface area contributed by atoms with Crippen LogP contribution in [-0.2, 0) is 17.7 Å². The number of ether oxygens (including phenoxy) is 2. The molecule has 7 heteroatoms. The summed E-state index contributed by atoms with van der Waals surface area (Å²) in [5.74, 6) is 0.588. The average Bonchev–Trinajstić information content (AvgIpc) is 3.16. The highest BCUT2D eigenvalue weighted by Gasteiger charge is 2.25. The van der Waals surface area contributed by atoms with Crippen LogP contribution < -0.4 is 4.74 Å². The van der Waals surface area contributed by atoms with Gasteiger partial charge in [0.2, 0.25) is 5.88 Å². The third-order valence-electron chi connectivity index (χ3n) is 5.49. The van der Waals surface area contributed by atoms with E-state index in [1.807, 2.05) is 51.1 Å². The molecule has 1 N–H and O–H groups in total. The van der Waals surface area contributed by atoms with Crippen LogP contribution in [0.2, 0.25) is 0 Å². The lowest BCUT2D eigenvalue weighted by Crippen LogP contribution is -2.37. The van der Waals surface area contributed by atoms with Crippen LogP contribution in [0.1, 0.15) is 45.9 Å². The smallest absolute Gasteiger partial charge is 0.227 e. The Morgan fingerprint density at radius 1 is 1.00 bits per heavy atom. The molecular formula is C28H38FN3O3. The van der Waals surface area contributed by atoms with Gasteiger partial charge in [0.25, 0.3) is 0 Å². The topological polar surface area (TPSA) is 59.8 Å². The second-order valence-electron chi connectivity index (χ2n) is 9.49. The predicted molar refractivity (Wildman–Crippen MR) is 137 cm³/mol. The molecule has 1 atom stereocenters. The van der Waals surface area contributed by atoms with Gasteiger partial charge < -0.3 is 14.6 Å². The second kappa shape index (κ2) is 12.8. The quantitative estimate of drug-likeness (QED) is 0.342. The highest BCUT2D eigenvalue weighted by Crippen LogP contribution is 2.33. The number of aromatic nitrogens is 2. The molecule has 0 spiro atoms. The van der Waals surface area contributed by atoms with Crippen LogP contribution in [-0.4, -0.2) is 51.7 Å². The molecular weight excluding hydrogens is 445 g/mol. The predicted octanol–water partition coefficient (Wildman–Crippen LogP) is 5.61. The number of nitrogens with zero attached hydrogens (tertiary/aromatic N) is 3. The fourth-order valence-electron chi connectivity index (χ4n) is 4.00. The fraction of sp³-hybridized carbons (Fsp3) is 0.464. The van der Waals surface area contributed by atoms with Crippen molar-refractivity contribution in [3.8, 4) is 17.3 Å². The van der Waals surface area contributed by atoms with E-state index in [1.165, 1.54) is 6.07 Å². The Labute approximate surface area is 208 Å². The summed E-state index contributed by atoms with van der Waals surface area (Å²) in [6, 6.07) is 16.1. The summed E-state index contributed by atoms with van der Waals surface area (Å²) in [7, 11) is 0. The first kappa shape index (κ1) is 26.9.